The maximum absolute atomic E-state index is 12.4. The quantitative estimate of drug-likeness (QED) is 0.677. The molecule has 0 aliphatic heterocycles. The molecule has 120 valence electrons. The molecular formula is C13H11ClN4O2S3. The highest BCUT2D eigenvalue weighted by molar-refractivity contribution is 7.98. The second-order valence-electron chi connectivity index (χ2n) is 4.47. The molecule has 3 aromatic rings. The summed E-state index contributed by atoms with van der Waals surface area (Å²) in [6.45, 7) is 0. The van der Waals surface area contributed by atoms with E-state index in [4.69, 9.17) is 17.3 Å². The van der Waals surface area contributed by atoms with Crippen LogP contribution in [0.4, 0.5) is 5.95 Å². The number of benzene rings is 1. The first-order valence-electron chi connectivity index (χ1n) is 6.34. The molecule has 0 unspecified atom stereocenters. The third kappa shape index (κ3) is 3.52. The highest BCUT2D eigenvalue weighted by Gasteiger charge is 2.23. The number of thiophene rings is 1. The number of anilines is 1. The molecule has 2 aromatic heterocycles. The molecule has 6 nitrogen and oxygen atoms in total. The first kappa shape index (κ1) is 16.3. The Labute approximate surface area is 146 Å². The van der Waals surface area contributed by atoms with Crippen molar-refractivity contribution in [2.45, 2.75) is 15.8 Å². The summed E-state index contributed by atoms with van der Waals surface area (Å²) in [7, 11) is -3.80. The lowest BCUT2D eigenvalue weighted by Crippen LogP contribution is -2.16. The second-order valence-corrected chi connectivity index (χ2v) is 8.40. The third-order valence-corrected chi connectivity index (χ3v) is 6.45. The molecule has 1 aromatic carbocycles. The number of hydrogen-bond acceptors (Lipinski definition) is 7. The largest absolute Gasteiger partial charge is 0.367 e. The number of thioether (sulfide) groups is 1. The Bertz CT molecular complexity index is 905. The molecule has 0 spiro atoms. The van der Waals surface area contributed by atoms with Crippen molar-refractivity contribution < 1.29 is 8.42 Å². The van der Waals surface area contributed by atoms with Gasteiger partial charge in [0.15, 0.2) is 0 Å². The summed E-state index contributed by atoms with van der Waals surface area (Å²) in [5, 5.41) is 8.17. The van der Waals surface area contributed by atoms with E-state index in [0.717, 1.165) is 9.65 Å². The van der Waals surface area contributed by atoms with Crippen LogP contribution in [0.2, 0.25) is 5.02 Å². The van der Waals surface area contributed by atoms with E-state index in [2.05, 4.69) is 10.1 Å². The zero-order chi connectivity index (χ0) is 16.4. The molecule has 0 saturated heterocycles. The molecule has 0 aliphatic rings. The molecule has 0 radical (unpaired) electrons. The first-order chi connectivity index (χ1) is 11.0. The van der Waals surface area contributed by atoms with Crippen LogP contribution in [0.5, 0.6) is 0 Å². The lowest BCUT2D eigenvalue weighted by atomic mass is 10.2. The number of rotatable bonds is 5. The van der Waals surface area contributed by atoms with E-state index in [1.165, 1.54) is 34.5 Å². The summed E-state index contributed by atoms with van der Waals surface area (Å²) in [6, 6.07) is 8.86. The molecule has 0 atom stereocenters. The molecule has 3 rings (SSSR count). The molecule has 0 amide bonds. The minimum absolute atomic E-state index is 0.147. The van der Waals surface area contributed by atoms with Gasteiger partial charge in [0.1, 0.15) is 4.90 Å². The zero-order valence-electron chi connectivity index (χ0n) is 11.6. The van der Waals surface area contributed by atoms with Gasteiger partial charge in [-0.1, -0.05) is 35.5 Å². The lowest BCUT2D eigenvalue weighted by Gasteiger charge is -2.01. The van der Waals surface area contributed by atoms with E-state index in [-0.39, 0.29) is 10.8 Å². The Kier molecular flexibility index (Phi) is 4.62. The van der Waals surface area contributed by atoms with Crippen LogP contribution in [0.3, 0.4) is 0 Å². The number of nitrogens with two attached hydrogens (primary N) is 1. The molecular weight excluding hydrogens is 376 g/mol. The average molecular weight is 387 g/mol. The Morgan fingerprint density at radius 2 is 2.00 bits per heavy atom. The van der Waals surface area contributed by atoms with Crippen molar-refractivity contribution in [3.63, 3.8) is 0 Å². The molecule has 2 N–H and O–H groups in total. The Balaban J connectivity index is 1.80. The first-order valence-corrected chi connectivity index (χ1v) is 10.1. The minimum atomic E-state index is -3.80. The normalized spacial score (nSPS) is 11.7. The number of aromatic nitrogens is 3. The van der Waals surface area contributed by atoms with E-state index in [1.807, 2.05) is 12.1 Å². The minimum Gasteiger partial charge on any atom is -0.367 e. The Hall–Kier alpha value is -1.55. The van der Waals surface area contributed by atoms with Gasteiger partial charge in [-0.15, -0.1) is 9.19 Å². The lowest BCUT2D eigenvalue weighted by molar-refractivity contribution is 0.580. The predicted octanol–water partition coefficient (Wildman–Crippen LogP) is 3.10. The van der Waals surface area contributed by atoms with Crippen molar-refractivity contribution in [3.8, 4) is 0 Å². The van der Waals surface area contributed by atoms with Gasteiger partial charge >= 0.3 is 0 Å². The SMILES string of the molecule is Nc1nc(SCc2ccc(Cl)cc2)nn1S(=O)(=O)c1ccsc1. The van der Waals surface area contributed by atoms with Crippen LogP contribution in [0, 0.1) is 0 Å². The van der Waals surface area contributed by atoms with Crippen molar-refractivity contribution in [2.24, 2.45) is 0 Å². The van der Waals surface area contributed by atoms with E-state index in [0.29, 0.717) is 15.9 Å². The van der Waals surface area contributed by atoms with Crippen LogP contribution in [-0.4, -0.2) is 22.6 Å². The van der Waals surface area contributed by atoms with Crippen molar-refractivity contribution in [3.05, 3.63) is 51.7 Å². The Morgan fingerprint density at radius 3 is 2.65 bits per heavy atom. The van der Waals surface area contributed by atoms with E-state index in [9.17, 15) is 8.42 Å². The van der Waals surface area contributed by atoms with Gasteiger partial charge in [-0.3, -0.25) is 0 Å². The maximum atomic E-state index is 12.4. The molecule has 23 heavy (non-hydrogen) atoms. The topological polar surface area (TPSA) is 90.9 Å². The van der Waals surface area contributed by atoms with Crippen LogP contribution in [-0.2, 0) is 15.8 Å². The highest BCUT2D eigenvalue weighted by atomic mass is 35.5. The standard InChI is InChI=1S/C13H11ClN4O2S3/c14-10-3-1-9(2-4-10)7-22-13-16-12(15)18(17-13)23(19,20)11-5-6-21-8-11/h1-6,8H,7H2,(H2,15,16,17). The van der Waals surface area contributed by atoms with Gasteiger partial charge in [0.25, 0.3) is 10.0 Å². The Morgan fingerprint density at radius 1 is 1.26 bits per heavy atom. The summed E-state index contributed by atoms with van der Waals surface area (Å²) in [5.74, 6) is 0.425. The van der Waals surface area contributed by atoms with Crippen LogP contribution in [0.15, 0.2) is 51.1 Å². The van der Waals surface area contributed by atoms with Gasteiger partial charge in [0.2, 0.25) is 11.1 Å². The van der Waals surface area contributed by atoms with Crippen LogP contribution < -0.4 is 5.73 Å². The third-order valence-electron chi connectivity index (χ3n) is 2.88. The van der Waals surface area contributed by atoms with Gasteiger partial charge in [-0.2, -0.15) is 24.7 Å². The van der Waals surface area contributed by atoms with Crippen molar-refractivity contribution in [1.29, 1.82) is 0 Å². The van der Waals surface area contributed by atoms with Crippen molar-refractivity contribution >= 4 is 50.7 Å². The predicted molar refractivity (Wildman–Crippen MR) is 92.4 cm³/mol. The number of nitrogens with zero attached hydrogens (tertiary/aromatic N) is 3. The molecule has 2 heterocycles. The maximum Gasteiger partial charge on any atom is 0.287 e. The monoisotopic (exact) mass is 386 g/mol. The fourth-order valence-corrected chi connectivity index (χ4v) is 4.89. The highest BCUT2D eigenvalue weighted by Crippen LogP contribution is 2.24. The molecule has 0 bridgehead atoms. The summed E-state index contributed by atoms with van der Waals surface area (Å²) in [6.07, 6.45) is 0. The van der Waals surface area contributed by atoms with Gasteiger partial charge in [0.05, 0.1) is 0 Å². The number of nitrogen functional groups attached to an aromatic ring is 1. The van der Waals surface area contributed by atoms with Crippen molar-refractivity contribution in [1.82, 2.24) is 14.2 Å². The van der Waals surface area contributed by atoms with Crippen LogP contribution in [0.1, 0.15) is 5.56 Å². The fourth-order valence-electron chi connectivity index (χ4n) is 1.76. The van der Waals surface area contributed by atoms with Crippen molar-refractivity contribution in [2.75, 3.05) is 5.73 Å². The number of hydrogen-bond donors (Lipinski definition) is 1. The molecule has 10 heteroatoms. The number of halogens is 1. The average Bonchev–Trinajstić information content (AvgIpc) is 3.17. The second kappa shape index (κ2) is 6.52. The fraction of sp³-hybridized carbons (Fsp3) is 0.0769. The van der Waals surface area contributed by atoms with Gasteiger partial charge in [0, 0.05) is 16.2 Å². The van der Waals surface area contributed by atoms with Crippen LogP contribution >= 0.6 is 34.7 Å². The summed E-state index contributed by atoms with van der Waals surface area (Å²) < 4.78 is 25.6. The van der Waals surface area contributed by atoms with Gasteiger partial charge in [-0.25, -0.2) is 0 Å². The summed E-state index contributed by atoms with van der Waals surface area (Å²) in [4.78, 5) is 4.16. The van der Waals surface area contributed by atoms with Gasteiger partial charge in [-0.05, 0) is 29.1 Å². The summed E-state index contributed by atoms with van der Waals surface area (Å²) >= 11 is 8.42. The molecule has 0 saturated carbocycles. The van der Waals surface area contributed by atoms with Crippen LogP contribution in [0.25, 0.3) is 0 Å². The molecule has 0 fully saturated rings. The molecule has 0 aliphatic carbocycles. The smallest absolute Gasteiger partial charge is 0.287 e. The van der Waals surface area contributed by atoms with E-state index >= 15 is 0 Å². The van der Waals surface area contributed by atoms with E-state index < -0.39 is 10.0 Å². The zero-order valence-corrected chi connectivity index (χ0v) is 14.8. The van der Waals surface area contributed by atoms with Gasteiger partial charge < -0.3 is 5.73 Å². The summed E-state index contributed by atoms with van der Waals surface area (Å²) in [5.41, 5.74) is 6.73. The van der Waals surface area contributed by atoms with E-state index in [1.54, 1.807) is 17.5 Å².